The van der Waals surface area contributed by atoms with Crippen LogP contribution in [0.3, 0.4) is 0 Å². The van der Waals surface area contributed by atoms with Crippen LogP contribution in [-0.2, 0) is 10.2 Å². The topological polar surface area (TPSA) is 61.1 Å². The number of rotatable bonds is 3. The third kappa shape index (κ3) is 1.99. The van der Waals surface area contributed by atoms with E-state index in [-0.39, 0.29) is 5.92 Å². The first-order valence-corrected chi connectivity index (χ1v) is 6.33. The zero-order valence-electron chi connectivity index (χ0n) is 10.5. The van der Waals surface area contributed by atoms with Gasteiger partial charge in [0.1, 0.15) is 0 Å². The third-order valence-corrected chi connectivity index (χ3v) is 4.23. The largest absolute Gasteiger partial charge is 0.481 e. The van der Waals surface area contributed by atoms with Crippen molar-refractivity contribution in [3.63, 3.8) is 0 Å². The molecule has 0 saturated heterocycles. The molecule has 94 valence electrons. The van der Waals surface area contributed by atoms with Crippen molar-refractivity contribution < 1.29 is 9.90 Å². The highest BCUT2D eigenvalue weighted by Gasteiger charge is 2.43. The Morgan fingerprint density at radius 2 is 1.89 bits per heavy atom. The van der Waals surface area contributed by atoms with Crippen molar-refractivity contribution >= 4 is 5.97 Å². The second-order valence-corrected chi connectivity index (χ2v) is 5.18. The highest BCUT2D eigenvalue weighted by Crippen LogP contribution is 2.42. The molecule has 3 nitrogen and oxygen atoms in total. The Balaban J connectivity index is 2.40. The van der Waals surface area contributed by atoms with E-state index in [0.717, 1.165) is 31.2 Å². The summed E-state index contributed by atoms with van der Waals surface area (Å²) in [5.41, 5.74) is 0.545. The maximum Gasteiger partial charge on any atom is 0.314 e. The number of carboxylic acids is 1. The summed E-state index contributed by atoms with van der Waals surface area (Å²) < 4.78 is 0. The van der Waals surface area contributed by atoms with E-state index in [1.54, 1.807) is 24.3 Å². The van der Waals surface area contributed by atoms with Crippen LogP contribution in [-0.4, -0.2) is 11.1 Å². The molecule has 0 aromatic heterocycles. The molecule has 1 aliphatic rings. The molecule has 18 heavy (non-hydrogen) atoms. The van der Waals surface area contributed by atoms with Crippen LogP contribution in [0.4, 0.5) is 0 Å². The van der Waals surface area contributed by atoms with E-state index >= 15 is 0 Å². The molecule has 0 bridgehead atoms. The van der Waals surface area contributed by atoms with Gasteiger partial charge in [0.2, 0.25) is 0 Å². The summed E-state index contributed by atoms with van der Waals surface area (Å²) in [6, 6.07) is 9.02. The summed E-state index contributed by atoms with van der Waals surface area (Å²) in [6.07, 6.45) is 4.18. The van der Waals surface area contributed by atoms with Gasteiger partial charge >= 0.3 is 5.97 Å². The van der Waals surface area contributed by atoms with E-state index < -0.39 is 11.4 Å². The molecule has 0 spiro atoms. The quantitative estimate of drug-likeness (QED) is 0.887. The van der Waals surface area contributed by atoms with Gasteiger partial charge in [-0.25, -0.2) is 0 Å². The molecule has 1 aromatic carbocycles. The molecule has 2 rings (SSSR count). The maximum absolute atomic E-state index is 11.7. The zero-order chi connectivity index (χ0) is 13.2. The monoisotopic (exact) mass is 243 g/mol. The Morgan fingerprint density at radius 3 is 2.33 bits per heavy atom. The highest BCUT2D eigenvalue weighted by atomic mass is 16.4. The Labute approximate surface area is 107 Å². The van der Waals surface area contributed by atoms with Crippen molar-refractivity contribution in [3.8, 4) is 6.07 Å². The number of hydrogen-bond donors (Lipinski definition) is 1. The summed E-state index contributed by atoms with van der Waals surface area (Å²) in [5.74, 6) is -0.568. The van der Waals surface area contributed by atoms with E-state index in [1.807, 2.05) is 6.92 Å². The molecule has 1 unspecified atom stereocenters. The summed E-state index contributed by atoms with van der Waals surface area (Å²) >= 11 is 0. The van der Waals surface area contributed by atoms with Crippen molar-refractivity contribution in [1.29, 1.82) is 5.26 Å². The van der Waals surface area contributed by atoms with Gasteiger partial charge in [-0.1, -0.05) is 25.0 Å². The van der Waals surface area contributed by atoms with Crippen LogP contribution in [0.1, 0.15) is 43.7 Å². The van der Waals surface area contributed by atoms with Crippen molar-refractivity contribution in [2.75, 3.05) is 0 Å². The molecule has 0 radical (unpaired) electrons. The molecule has 1 aromatic rings. The van der Waals surface area contributed by atoms with Crippen molar-refractivity contribution in [2.24, 2.45) is 5.92 Å². The molecule has 1 aliphatic carbocycles. The van der Waals surface area contributed by atoms with Crippen LogP contribution in [0.5, 0.6) is 0 Å². The Morgan fingerprint density at radius 1 is 1.33 bits per heavy atom. The number of hydrogen-bond acceptors (Lipinski definition) is 2. The highest BCUT2D eigenvalue weighted by molar-refractivity contribution is 5.81. The predicted molar refractivity (Wildman–Crippen MR) is 68.1 cm³/mol. The van der Waals surface area contributed by atoms with Crippen molar-refractivity contribution in [3.05, 3.63) is 35.4 Å². The number of nitriles is 1. The standard InChI is InChI=1S/C15H17NO2/c1-15(14(17)18,12-4-2-3-5-12)13-8-6-11(10-16)7-9-13/h6-9,12H,2-5H2,1H3,(H,17,18). The lowest BCUT2D eigenvalue weighted by atomic mass is 9.71. The van der Waals surface area contributed by atoms with Gasteiger partial charge < -0.3 is 5.11 Å². The van der Waals surface area contributed by atoms with Crippen molar-refractivity contribution in [2.45, 2.75) is 38.0 Å². The Bertz CT molecular complexity index is 480. The average Bonchev–Trinajstić information content (AvgIpc) is 2.92. The van der Waals surface area contributed by atoms with Gasteiger partial charge in [0.15, 0.2) is 0 Å². The van der Waals surface area contributed by atoms with Crippen molar-refractivity contribution in [1.82, 2.24) is 0 Å². The first-order valence-electron chi connectivity index (χ1n) is 6.33. The second-order valence-electron chi connectivity index (χ2n) is 5.18. The van der Waals surface area contributed by atoms with Crippen LogP contribution in [0.25, 0.3) is 0 Å². The van der Waals surface area contributed by atoms with Gasteiger partial charge in [-0.15, -0.1) is 0 Å². The van der Waals surface area contributed by atoms with Crippen LogP contribution < -0.4 is 0 Å². The smallest absolute Gasteiger partial charge is 0.314 e. The lowest BCUT2D eigenvalue weighted by molar-refractivity contribution is -0.145. The summed E-state index contributed by atoms with van der Waals surface area (Å²) in [5, 5.41) is 18.4. The molecule has 1 atom stereocenters. The summed E-state index contributed by atoms with van der Waals surface area (Å²) in [4.78, 5) is 11.7. The van der Waals surface area contributed by atoms with Crippen LogP contribution >= 0.6 is 0 Å². The Hall–Kier alpha value is -1.82. The van der Waals surface area contributed by atoms with E-state index in [1.165, 1.54) is 0 Å². The lowest BCUT2D eigenvalue weighted by Crippen LogP contribution is -2.39. The fourth-order valence-corrected chi connectivity index (χ4v) is 2.93. The molecule has 0 amide bonds. The molecule has 1 saturated carbocycles. The molecule has 0 heterocycles. The maximum atomic E-state index is 11.7. The zero-order valence-corrected chi connectivity index (χ0v) is 10.5. The van der Waals surface area contributed by atoms with Gasteiger partial charge in [0.05, 0.1) is 17.0 Å². The van der Waals surface area contributed by atoms with Gasteiger partial charge in [-0.2, -0.15) is 5.26 Å². The summed E-state index contributed by atoms with van der Waals surface area (Å²) in [7, 11) is 0. The minimum Gasteiger partial charge on any atom is -0.481 e. The SMILES string of the molecule is CC(C(=O)O)(c1ccc(C#N)cc1)C1CCCC1. The van der Waals surface area contributed by atoms with Gasteiger partial charge in [0, 0.05) is 0 Å². The number of benzene rings is 1. The Kier molecular flexibility index (Phi) is 3.38. The number of carboxylic acid groups (broad SMARTS) is 1. The molecular formula is C15H17NO2. The fourth-order valence-electron chi connectivity index (χ4n) is 2.93. The van der Waals surface area contributed by atoms with Crippen LogP contribution in [0.15, 0.2) is 24.3 Å². The van der Waals surface area contributed by atoms with Gasteiger partial charge in [-0.3, -0.25) is 4.79 Å². The van der Waals surface area contributed by atoms with Crippen LogP contribution in [0, 0.1) is 17.2 Å². The minimum absolute atomic E-state index is 0.197. The predicted octanol–water partition coefficient (Wildman–Crippen LogP) is 3.09. The molecule has 3 heteroatoms. The summed E-state index contributed by atoms with van der Waals surface area (Å²) in [6.45, 7) is 1.81. The third-order valence-electron chi connectivity index (χ3n) is 4.23. The molecular weight excluding hydrogens is 226 g/mol. The van der Waals surface area contributed by atoms with Crippen LogP contribution in [0.2, 0.25) is 0 Å². The van der Waals surface area contributed by atoms with E-state index in [4.69, 9.17) is 5.26 Å². The van der Waals surface area contributed by atoms with E-state index in [2.05, 4.69) is 6.07 Å². The molecule has 1 fully saturated rings. The first kappa shape index (κ1) is 12.6. The van der Waals surface area contributed by atoms with Gasteiger partial charge in [0.25, 0.3) is 0 Å². The minimum atomic E-state index is -0.829. The number of aliphatic carboxylic acids is 1. The molecule has 0 aliphatic heterocycles. The normalized spacial score (nSPS) is 19.1. The first-order chi connectivity index (χ1) is 8.59. The second kappa shape index (κ2) is 4.81. The number of carbonyl (C=O) groups is 1. The van der Waals surface area contributed by atoms with E-state index in [0.29, 0.717) is 5.56 Å². The average molecular weight is 243 g/mol. The number of nitrogens with zero attached hydrogens (tertiary/aromatic N) is 1. The lowest BCUT2D eigenvalue weighted by Gasteiger charge is -2.31. The van der Waals surface area contributed by atoms with E-state index in [9.17, 15) is 9.90 Å². The molecule has 1 N–H and O–H groups in total. The fraction of sp³-hybridized carbons (Fsp3) is 0.467. The van der Waals surface area contributed by atoms with Gasteiger partial charge in [-0.05, 0) is 43.4 Å².